The molecule has 0 amide bonds. The van der Waals surface area contributed by atoms with E-state index in [1.165, 1.54) is 0 Å². The Hall–Kier alpha value is 0.490. The second-order valence-electron chi connectivity index (χ2n) is 3.56. The highest BCUT2D eigenvalue weighted by atomic mass is 35.5. The molecule has 0 aromatic carbocycles. The molecule has 0 aromatic heterocycles. The van der Waals surface area contributed by atoms with E-state index in [2.05, 4.69) is 5.32 Å². The van der Waals surface area contributed by atoms with Gasteiger partial charge in [0.15, 0.2) is 9.84 Å². The molecule has 0 rings (SSSR count). The first kappa shape index (κ1) is 15.5. The van der Waals surface area contributed by atoms with Gasteiger partial charge >= 0.3 is 0 Å². The van der Waals surface area contributed by atoms with E-state index in [4.69, 9.17) is 23.2 Å². The van der Waals surface area contributed by atoms with Gasteiger partial charge in [-0.15, -0.1) is 23.2 Å². The van der Waals surface area contributed by atoms with Crippen molar-refractivity contribution in [3.8, 4) is 0 Å². The van der Waals surface area contributed by atoms with Crippen LogP contribution in [0.3, 0.4) is 0 Å². The van der Waals surface area contributed by atoms with Crippen LogP contribution in [0.5, 0.6) is 0 Å². The Labute approximate surface area is 102 Å². The molecule has 15 heavy (non-hydrogen) atoms. The van der Waals surface area contributed by atoms with E-state index in [0.29, 0.717) is 18.3 Å². The first-order valence-corrected chi connectivity index (χ1v) is 7.91. The maximum absolute atomic E-state index is 11.2. The van der Waals surface area contributed by atoms with Crippen LogP contribution in [0.25, 0.3) is 0 Å². The number of hydrogen-bond acceptors (Lipinski definition) is 3. The minimum absolute atomic E-state index is 0.138. The molecule has 0 aliphatic rings. The first-order chi connectivity index (χ1) is 6.95. The van der Waals surface area contributed by atoms with E-state index in [9.17, 15) is 8.42 Å². The summed E-state index contributed by atoms with van der Waals surface area (Å²) >= 11 is 11.6. The molecule has 0 bridgehead atoms. The van der Waals surface area contributed by atoms with Gasteiger partial charge in [0.05, 0.1) is 5.75 Å². The van der Waals surface area contributed by atoms with Crippen LogP contribution in [0.1, 0.15) is 20.3 Å². The summed E-state index contributed by atoms with van der Waals surface area (Å²) in [6.45, 7) is 4.03. The van der Waals surface area contributed by atoms with Gasteiger partial charge in [0.2, 0.25) is 0 Å². The first-order valence-electron chi connectivity index (χ1n) is 5.02. The quantitative estimate of drug-likeness (QED) is 0.685. The molecule has 0 saturated heterocycles. The lowest BCUT2D eigenvalue weighted by Crippen LogP contribution is -2.50. The van der Waals surface area contributed by atoms with Gasteiger partial charge in [-0.05, 0) is 6.42 Å². The minimum Gasteiger partial charge on any atom is -0.308 e. The molecule has 0 aliphatic carbocycles. The van der Waals surface area contributed by atoms with Crippen molar-refractivity contribution in [2.45, 2.75) is 25.8 Å². The Morgan fingerprint density at radius 2 is 1.73 bits per heavy atom. The van der Waals surface area contributed by atoms with E-state index in [1.54, 1.807) is 6.92 Å². The number of rotatable bonds is 8. The topological polar surface area (TPSA) is 46.2 Å². The maximum Gasteiger partial charge on any atom is 0.151 e. The summed E-state index contributed by atoms with van der Waals surface area (Å²) in [6.07, 6.45) is 0.784. The molecule has 0 aliphatic heterocycles. The lowest BCUT2D eigenvalue weighted by atomic mass is 10.0. The highest BCUT2D eigenvalue weighted by Crippen LogP contribution is 2.14. The minimum atomic E-state index is -2.92. The Balaban J connectivity index is 4.13. The highest BCUT2D eigenvalue weighted by molar-refractivity contribution is 7.91. The van der Waals surface area contributed by atoms with Gasteiger partial charge in [0, 0.05) is 29.6 Å². The molecule has 92 valence electrons. The summed E-state index contributed by atoms with van der Waals surface area (Å²) in [5.74, 6) is 1.09. The Morgan fingerprint density at radius 3 is 2.07 bits per heavy atom. The zero-order valence-corrected chi connectivity index (χ0v) is 11.6. The third-order valence-electron chi connectivity index (χ3n) is 2.54. The summed E-state index contributed by atoms with van der Waals surface area (Å²) in [4.78, 5) is 0. The fourth-order valence-electron chi connectivity index (χ4n) is 1.06. The average Bonchev–Trinajstić information content (AvgIpc) is 2.25. The molecule has 3 nitrogen and oxygen atoms in total. The van der Waals surface area contributed by atoms with Crippen molar-refractivity contribution in [1.82, 2.24) is 5.32 Å². The van der Waals surface area contributed by atoms with Gasteiger partial charge in [-0.25, -0.2) is 8.42 Å². The van der Waals surface area contributed by atoms with Gasteiger partial charge in [-0.3, -0.25) is 0 Å². The third-order valence-corrected chi connectivity index (χ3v) is 5.27. The van der Waals surface area contributed by atoms with Gasteiger partial charge in [-0.1, -0.05) is 13.8 Å². The van der Waals surface area contributed by atoms with Crippen LogP contribution in [0.2, 0.25) is 0 Å². The van der Waals surface area contributed by atoms with Crippen molar-refractivity contribution >= 4 is 33.0 Å². The molecule has 6 heteroatoms. The van der Waals surface area contributed by atoms with E-state index in [-0.39, 0.29) is 17.0 Å². The van der Waals surface area contributed by atoms with Crippen molar-refractivity contribution in [3.05, 3.63) is 0 Å². The van der Waals surface area contributed by atoms with Crippen molar-refractivity contribution in [2.24, 2.45) is 0 Å². The highest BCUT2D eigenvalue weighted by Gasteiger charge is 2.25. The van der Waals surface area contributed by atoms with E-state index < -0.39 is 9.84 Å². The molecule has 0 radical (unpaired) electrons. The van der Waals surface area contributed by atoms with Crippen LogP contribution >= 0.6 is 23.2 Å². The Bertz CT molecular complexity index is 255. The Morgan fingerprint density at radius 1 is 1.20 bits per heavy atom. The van der Waals surface area contributed by atoms with E-state index >= 15 is 0 Å². The van der Waals surface area contributed by atoms with E-state index in [1.807, 2.05) is 6.92 Å². The molecule has 0 spiro atoms. The van der Waals surface area contributed by atoms with Crippen molar-refractivity contribution in [1.29, 1.82) is 0 Å². The fraction of sp³-hybridized carbons (Fsp3) is 1.00. The maximum atomic E-state index is 11.2. The van der Waals surface area contributed by atoms with Crippen LogP contribution in [-0.2, 0) is 9.84 Å². The SMILES string of the molecule is CCC(CCl)(CCl)NCCS(=O)(=O)CC. The summed E-state index contributed by atoms with van der Waals surface area (Å²) in [7, 11) is -2.92. The number of alkyl halides is 2. The smallest absolute Gasteiger partial charge is 0.151 e. The second-order valence-corrected chi connectivity index (χ2v) is 6.57. The zero-order chi connectivity index (χ0) is 11.9. The monoisotopic (exact) mass is 275 g/mol. The van der Waals surface area contributed by atoms with Gasteiger partial charge in [-0.2, -0.15) is 0 Å². The lowest BCUT2D eigenvalue weighted by molar-refractivity contribution is 0.397. The van der Waals surface area contributed by atoms with Crippen molar-refractivity contribution in [3.63, 3.8) is 0 Å². The molecule has 0 heterocycles. The van der Waals surface area contributed by atoms with Crippen LogP contribution in [-0.4, -0.2) is 43.8 Å². The molecule has 1 N–H and O–H groups in total. The standard InChI is InChI=1S/C9H19Cl2NO2S/c1-3-9(7-10,8-11)12-5-6-15(13,14)4-2/h12H,3-8H2,1-2H3. The van der Waals surface area contributed by atoms with Gasteiger partial charge < -0.3 is 5.32 Å². The molecule has 0 atom stereocenters. The average molecular weight is 276 g/mol. The summed E-state index contributed by atoms with van der Waals surface area (Å²) in [6, 6.07) is 0. The molecular formula is C9H19Cl2NO2S. The lowest BCUT2D eigenvalue weighted by Gasteiger charge is -2.29. The zero-order valence-electron chi connectivity index (χ0n) is 9.22. The molecular weight excluding hydrogens is 257 g/mol. The van der Waals surface area contributed by atoms with Crippen LogP contribution in [0, 0.1) is 0 Å². The van der Waals surface area contributed by atoms with Crippen molar-refractivity contribution < 1.29 is 8.42 Å². The number of halogens is 2. The molecule has 0 aromatic rings. The summed E-state index contributed by atoms with van der Waals surface area (Å²) < 4.78 is 22.5. The third kappa shape index (κ3) is 5.38. The number of sulfone groups is 1. The van der Waals surface area contributed by atoms with Crippen LogP contribution in [0.15, 0.2) is 0 Å². The molecule has 0 unspecified atom stereocenters. The van der Waals surface area contributed by atoms with Crippen molar-refractivity contribution in [2.75, 3.05) is 29.8 Å². The van der Waals surface area contributed by atoms with Gasteiger partial charge in [0.25, 0.3) is 0 Å². The second kappa shape index (κ2) is 6.94. The Kier molecular flexibility index (Phi) is 7.17. The number of hydrogen-bond donors (Lipinski definition) is 1. The predicted octanol–water partition coefficient (Wildman–Crippen LogP) is 1.64. The van der Waals surface area contributed by atoms with Gasteiger partial charge in [0.1, 0.15) is 0 Å². The predicted molar refractivity (Wildman–Crippen MR) is 66.8 cm³/mol. The number of nitrogens with one attached hydrogen (secondary N) is 1. The van der Waals surface area contributed by atoms with Crippen LogP contribution in [0.4, 0.5) is 0 Å². The largest absolute Gasteiger partial charge is 0.308 e. The molecule has 0 saturated carbocycles. The fourth-order valence-corrected chi connectivity index (χ4v) is 2.61. The van der Waals surface area contributed by atoms with Crippen LogP contribution < -0.4 is 5.32 Å². The normalized spacial score (nSPS) is 13.1. The summed E-state index contributed by atoms with van der Waals surface area (Å²) in [5, 5.41) is 3.13. The molecule has 0 fully saturated rings. The van der Waals surface area contributed by atoms with E-state index in [0.717, 1.165) is 6.42 Å². The summed E-state index contributed by atoms with van der Waals surface area (Å²) in [5.41, 5.74) is -0.341.